The van der Waals surface area contributed by atoms with Crippen LogP contribution in [0.4, 0.5) is 0 Å². The maximum atomic E-state index is 12.5. The number of ether oxygens (including phenoxy) is 2. The zero-order valence-electron chi connectivity index (χ0n) is 14.6. The van der Waals surface area contributed by atoms with E-state index in [1.54, 1.807) is 32.5 Å². The molecule has 2 aromatic rings. The highest BCUT2D eigenvalue weighted by Crippen LogP contribution is 2.30. The van der Waals surface area contributed by atoms with Crippen molar-refractivity contribution in [2.24, 2.45) is 0 Å². The van der Waals surface area contributed by atoms with Crippen molar-refractivity contribution < 1.29 is 18.7 Å². The van der Waals surface area contributed by atoms with Crippen molar-refractivity contribution >= 4 is 5.91 Å². The summed E-state index contributed by atoms with van der Waals surface area (Å²) in [5.74, 6) is 1.37. The first kappa shape index (κ1) is 17.3. The Balaban J connectivity index is 1.65. The molecular formula is C18H23N3O4. The Hall–Kier alpha value is -2.54. The monoisotopic (exact) mass is 345 g/mol. The molecule has 0 aliphatic carbocycles. The molecule has 7 heteroatoms. The Bertz CT molecular complexity index is 702. The molecule has 1 aliphatic heterocycles. The zero-order valence-corrected chi connectivity index (χ0v) is 14.6. The number of pyridine rings is 1. The van der Waals surface area contributed by atoms with Crippen molar-refractivity contribution in [1.82, 2.24) is 14.8 Å². The Morgan fingerprint density at radius 2 is 2.08 bits per heavy atom. The molecule has 1 aliphatic rings. The molecule has 0 bridgehead atoms. The number of carbonyl (C=O) groups is 1. The lowest BCUT2D eigenvalue weighted by atomic mass is 10.2. The quantitative estimate of drug-likeness (QED) is 0.826. The second kappa shape index (κ2) is 8.02. The Kier molecular flexibility index (Phi) is 5.55. The van der Waals surface area contributed by atoms with Crippen molar-refractivity contribution in [1.29, 1.82) is 0 Å². The minimum atomic E-state index is 0.0210. The van der Waals surface area contributed by atoms with E-state index in [1.165, 1.54) is 12.5 Å². The highest BCUT2D eigenvalue weighted by atomic mass is 16.5. The van der Waals surface area contributed by atoms with Gasteiger partial charge >= 0.3 is 0 Å². The van der Waals surface area contributed by atoms with E-state index in [1.807, 2.05) is 4.90 Å². The minimum Gasteiger partial charge on any atom is -0.493 e. The number of aromatic nitrogens is 1. The van der Waals surface area contributed by atoms with Crippen LogP contribution >= 0.6 is 0 Å². The van der Waals surface area contributed by atoms with Crippen molar-refractivity contribution in [2.75, 3.05) is 40.4 Å². The van der Waals surface area contributed by atoms with Gasteiger partial charge in [0.25, 0.3) is 5.91 Å². The van der Waals surface area contributed by atoms with E-state index in [-0.39, 0.29) is 5.91 Å². The first-order chi connectivity index (χ1) is 12.2. The molecule has 3 heterocycles. The summed E-state index contributed by atoms with van der Waals surface area (Å²) in [6, 6.07) is 3.49. The van der Waals surface area contributed by atoms with E-state index in [2.05, 4.69) is 9.88 Å². The van der Waals surface area contributed by atoms with Crippen LogP contribution in [0.3, 0.4) is 0 Å². The molecule has 0 saturated carbocycles. The molecule has 0 spiro atoms. The number of methoxy groups -OCH3 is 2. The fraction of sp³-hybridized carbons (Fsp3) is 0.444. The van der Waals surface area contributed by atoms with Crippen molar-refractivity contribution in [3.05, 3.63) is 42.1 Å². The lowest BCUT2D eigenvalue weighted by Gasteiger charge is -2.22. The van der Waals surface area contributed by atoms with Gasteiger partial charge in [-0.2, -0.15) is 0 Å². The number of nitrogens with zero attached hydrogens (tertiary/aromatic N) is 3. The van der Waals surface area contributed by atoms with Crippen molar-refractivity contribution in [3.8, 4) is 11.5 Å². The molecule has 134 valence electrons. The second-order valence-corrected chi connectivity index (χ2v) is 5.93. The normalized spacial score (nSPS) is 15.7. The van der Waals surface area contributed by atoms with E-state index in [4.69, 9.17) is 13.9 Å². The number of rotatable bonds is 5. The van der Waals surface area contributed by atoms with E-state index < -0.39 is 0 Å². The Labute approximate surface area is 147 Å². The largest absolute Gasteiger partial charge is 0.493 e. The molecule has 7 nitrogen and oxygen atoms in total. The van der Waals surface area contributed by atoms with Crippen LogP contribution in [0.1, 0.15) is 22.5 Å². The molecular weight excluding hydrogens is 322 g/mol. The average molecular weight is 345 g/mol. The van der Waals surface area contributed by atoms with Gasteiger partial charge < -0.3 is 18.8 Å². The van der Waals surface area contributed by atoms with Crippen molar-refractivity contribution in [2.45, 2.75) is 13.0 Å². The maximum Gasteiger partial charge on any atom is 0.257 e. The smallest absolute Gasteiger partial charge is 0.257 e. The summed E-state index contributed by atoms with van der Waals surface area (Å²) in [4.78, 5) is 21.1. The second-order valence-electron chi connectivity index (χ2n) is 5.93. The molecule has 2 aromatic heterocycles. The standard InChI is InChI=1S/C18H23N3O4/c1-23-16-4-6-19-15(17(16)24-2)12-20-7-3-8-21(10-9-20)18(22)14-5-11-25-13-14/h4-6,11,13H,3,7-10,12H2,1-2H3. The lowest BCUT2D eigenvalue weighted by Crippen LogP contribution is -2.35. The number of furan rings is 1. The summed E-state index contributed by atoms with van der Waals surface area (Å²) in [6.07, 6.45) is 5.66. The highest BCUT2D eigenvalue weighted by molar-refractivity contribution is 5.93. The topological polar surface area (TPSA) is 68.0 Å². The molecule has 1 fully saturated rings. The third-order valence-electron chi connectivity index (χ3n) is 4.38. The third kappa shape index (κ3) is 3.93. The van der Waals surface area contributed by atoms with E-state index >= 15 is 0 Å². The van der Waals surface area contributed by atoms with E-state index in [9.17, 15) is 4.79 Å². The molecule has 25 heavy (non-hydrogen) atoms. The van der Waals surface area contributed by atoms with Crippen molar-refractivity contribution in [3.63, 3.8) is 0 Å². The lowest BCUT2D eigenvalue weighted by molar-refractivity contribution is 0.0760. The molecule has 0 atom stereocenters. The third-order valence-corrected chi connectivity index (χ3v) is 4.38. The fourth-order valence-corrected chi connectivity index (χ4v) is 3.08. The molecule has 0 aromatic carbocycles. The average Bonchev–Trinajstić information content (AvgIpc) is 3.08. The van der Waals surface area contributed by atoms with Gasteiger partial charge in [-0.25, -0.2) is 0 Å². The minimum absolute atomic E-state index is 0.0210. The number of hydrogen-bond donors (Lipinski definition) is 0. The molecule has 0 N–H and O–H groups in total. The van der Waals surface area contributed by atoms with Gasteiger partial charge in [0, 0.05) is 45.0 Å². The zero-order chi connectivity index (χ0) is 17.6. The van der Waals surface area contributed by atoms with Crippen LogP contribution in [0, 0.1) is 0 Å². The van der Waals surface area contributed by atoms with Crippen LogP contribution in [0.5, 0.6) is 11.5 Å². The molecule has 0 unspecified atom stereocenters. The molecule has 1 amide bonds. The summed E-state index contributed by atoms with van der Waals surface area (Å²) in [5.41, 5.74) is 1.45. The first-order valence-corrected chi connectivity index (χ1v) is 8.32. The van der Waals surface area contributed by atoms with Crippen LogP contribution in [-0.4, -0.2) is 61.1 Å². The first-order valence-electron chi connectivity index (χ1n) is 8.32. The van der Waals surface area contributed by atoms with Gasteiger partial charge in [0.1, 0.15) is 12.0 Å². The number of amides is 1. The van der Waals surface area contributed by atoms with Gasteiger partial charge in [-0.3, -0.25) is 14.7 Å². The van der Waals surface area contributed by atoms with Crippen LogP contribution < -0.4 is 9.47 Å². The Morgan fingerprint density at radius 1 is 1.20 bits per heavy atom. The molecule has 0 radical (unpaired) electrons. The summed E-state index contributed by atoms with van der Waals surface area (Å²) in [5, 5.41) is 0. The Morgan fingerprint density at radius 3 is 2.80 bits per heavy atom. The maximum absolute atomic E-state index is 12.5. The predicted octanol–water partition coefficient (Wildman–Crippen LogP) is 2.04. The van der Waals surface area contributed by atoms with E-state index in [0.717, 1.165) is 31.7 Å². The summed E-state index contributed by atoms with van der Waals surface area (Å²) in [7, 11) is 3.24. The molecule has 3 rings (SSSR count). The summed E-state index contributed by atoms with van der Waals surface area (Å²) < 4.78 is 15.8. The summed E-state index contributed by atoms with van der Waals surface area (Å²) >= 11 is 0. The van der Waals surface area contributed by atoms with Gasteiger partial charge in [-0.1, -0.05) is 0 Å². The van der Waals surface area contributed by atoms with Gasteiger partial charge in [-0.05, 0) is 12.5 Å². The summed E-state index contributed by atoms with van der Waals surface area (Å²) in [6.45, 7) is 3.76. The fourth-order valence-electron chi connectivity index (χ4n) is 3.08. The SMILES string of the molecule is COc1ccnc(CN2CCCN(C(=O)c3ccoc3)CC2)c1OC. The molecule has 1 saturated heterocycles. The number of carbonyl (C=O) groups excluding carboxylic acids is 1. The van der Waals surface area contributed by atoms with Crippen LogP contribution in [0.2, 0.25) is 0 Å². The highest BCUT2D eigenvalue weighted by Gasteiger charge is 2.22. The van der Waals surface area contributed by atoms with E-state index in [0.29, 0.717) is 30.2 Å². The van der Waals surface area contributed by atoms with Crippen LogP contribution in [0.15, 0.2) is 35.3 Å². The van der Waals surface area contributed by atoms with Gasteiger partial charge in [0.2, 0.25) is 0 Å². The van der Waals surface area contributed by atoms with Gasteiger partial charge in [0.05, 0.1) is 26.0 Å². The van der Waals surface area contributed by atoms with Crippen LogP contribution in [-0.2, 0) is 6.54 Å². The van der Waals surface area contributed by atoms with Crippen LogP contribution in [0.25, 0.3) is 0 Å². The van der Waals surface area contributed by atoms with Gasteiger partial charge in [0.15, 0.2) is 11.5 Å². The predicted molar refractivity (Wildman–Crippen MR) is 91.8 cm³/mol. The number of hydrogen-bond acceptors (Lipinski definition) is 6. The van der Waals surface area contributed by atoms with Gasteiger partial charge in [-0.15, -0.1) is 0 Å².